The summed E-state index contributed by atoms with van der Waals surface area (Å²) < 4.78 is 0. The summed E-state index contributed by atoms with van der Waals surface area (Å²) in [5.41, 5.74) is -0.177. The molecule has 0 aromatic heterocycles. The van der Waals surface area contributed by atoms with Gasteiger partial charge in [-0.3, -0.25) is 20.2 Å². The van der Waals surface area contributed by atoms with Crippen LogP contribution in [0.15, 0.2) is 18.2 Å². The highest BCUT2D eigenvalue weighted by molar-refractivity contribution is 5.49. The maximum atomic E-state index is 11.0. The third-order valence-electron chi connectivity index (χ3n) is 3.41. The van der Waals surface area contributed by atoms with Crippen molar-refractivity contribution in [1.82, 2.24) is 0 Å². The molecule has 7 heteroatoms. The second kappa shape index (κ2) is 6.42. The minimum atomic E-state index is -0.661. The molecule has 20 heavy (non-hydrogen) atoms. The second-order valence-corrected chi connectivity index (χ2v) is 5.18. The average Bonchev–Trinajstić information content (AvgIpc) is 2.34. The van der Waals surface area contributed by atoms with Crippen LogP contribution in [-0.4, -0.2) is 21.1 Å². The van der Waals surface area contributed by atoms with Gasteiger partial charge in [-0.2, -0.15) is 0 Å². The molecule has 0 spiro atoms. The Morgan fingerprint density at radius 1 is 1.15 bits per heavy atom. The molecule has 0 radical (unpaired) electrons. The molecule has 7 nitrogen and oxygen atoms in total. The van der Waals surface area contributed by atoms with E-state index < -0.39 is 16.0 Å². The molecule has 2 atom stereocenters. The number of aliphatic hydroxyl groups is 1. The van der Waals surface area contributed by atoms with Crippen LogP contribution < -0.4 is 0 Å². The Labute approximate surface area is 116 Å². The fourth-order valence-electron chi connectivity index (χ4n) is 2.23. The molecule has 0 bridgehead atoms. The molecule has 0 saturated carbocycles. The zero-order valence-corrected chi connectivity index (χ0v) is 11.6. The molecule has 1 N–H and O–H groups in total. The van der Waals surface area contributed by atoms with E-state index in [9.17, 15) is 25.3 Å². The molecular weight excluding hydrogens is 264 g/mol. The number of nitro groups is 2. The molecule has 2 unspecified atom stereocenters. The minimum Gasteiger partial charge on any atom is -0.393 e. The van der Waals surface area contributed by atoms with Gasteiger partial charge in [-0.15, -0.1) is 0 Å². The van der Waals surface area contributed by atoms with E-state index in [4.69, 9.17) is 0 Å². The molecule has 0 saturated heterocycles. The van der Waals surface area contributed by atoms with Crippen molar-refractivity contribution in [3.8, 4) is 0 Å². The van der Waals surface area contributed by atoms with E-state index in [0.29, 0.717) is 12.0 Å². The first-order valence-corrected chi connectivity index (χ1v) is 6.33. The Balaban J connectivity index is 3.17. The fraction of sp³-hybridized carbons (Fsp3) is 0.538. The average molecular weight is 282 g/mol. The maximum Gasteiger partial charge on any atom is 0.279 e. The Morgan fingerprint density at radius 3 is 2.15 bits per heavy atom. The molecule has 0 aliphatic heterocycles. The number of non-ortho nitro benzene ring substituents is 1. The van der Waals surface area contributed by atoms with E-state index in [0.717, 1.165) is 6.07 Å². The van der Waals surface area contributed by atoms with Gasteiger partial charge < -0.3 is 5.11 Å². The summed E-state index contributed by atoms with van der Waals surface area (Å²) in [5.74, 6) is -0.0000443. The predicted molar refractivity (Wildman–Crippen MR) is 73.5 cm³/mol. The van der Waals surface area contributed by atoms with Gasteiger partial charge in [0.15, 0.2) is 0 Å². The van der Waals surface area contributed by atoms with E-state index >= 15 is 0 Å². The molecule has 1 rings (SSSR count). The summed E-state index contributed by atoms with van der Waals surface area (Å²) >= 11 is 0. The Hall–Kier alpha value is -2.02. The van der Waals surface area contributed by atoms with Crippen molar-refractivity contribution < 1.29 is 15.0 Å². The third-order valence-corrected chi connectivity index (χ3v) is 3.41. The quantitative estimate of drug-likeness (QED) is 0.637. The van der Waals surface area contributed by atoms with Crippen LogP contribution in [0.4, 0.5) is 11.4 Å². The van der Waals surface area contributed by atoms with E-state index in [1.807, 2.05) is 13.8 Å². The van der Waals surface area contributed by atoms with Gasteiger partial charge >= 0.3 is 0 Å². The number of aliphatic hydroxyl groups excluding tert-OH is 1. The maximum absolute atomic E-state index is 11.0. The van der Waals surface area contributed by atoms with Crippen molar-refractivity contribution in [3.63, 3.8) is 0 Å². The third kappa shape index (κ3) is 3.74. The highest BCUT2D eigenvalue weighted by Crippen LogP contribution is 2.29. The van der Waals surface area contributed by atoms with Crippen molar-refractivity contribution in [2.75, 3.05) is 0 Å². The van der Waals surface area contributed by atoms with Gasteiger partial charge in [-0.05, 0) is 31.2 Å². The first-order chi connectivity index (χ1) is 9.23. The highest BCUT2D eigenvalue weighted by atomic mass is 16.6. The summed E-state index contributed by atoms with van der Waals surface area (Å²) in [6.45, 7) is 5.49. The number of hydrogen-bond donors (Lipinski definition) is 1. The zero-order valence-electron chi connectivity index (χ0n) is 11.6. The molecule has 0 aliphatic carbocycles. The van der Waals surface area contributed by atoms with Crippen molar-refractivity contribution in [3.05, 3.63) is 44.0 Å². The first kappa shape index (κ1) is 16.0. The van der Waals surface area contributed by atoms with Gasteiger partial charge in [0.1, 0.15) is 0 Å². The zero-order chi connectivity index (χ0) is 15.4. The van der Waals surface area contributed by atoms with Crippen LogP contribution in [-0.2, 0) is 6.42 Å². The topological polar surface area (TPSA) is 107 Å². The summed E-state index contributed by atoms with van der Waals surface area (Å²) in [5, 5.41) is 31.4. The Kier molecular flexibility index (Phi) is 5.15. The van der Waals surface area contributed by atoms with E-state index in [-0.39, 0.29) is 23.2 Å². The van der Waals surface area contributed by atoms with Crippen LogP contribution in [0.25, 0.3) is 0 Å². The highest BCUT2D eigenvalue weighted by Gasteiger charge is 2.25. The van der Waals surface area contributed by atoms with E-state index in [2.05, 4.69) is 0 Å². The lowest BCUT2D eigenvalue weighted by Gasteiger charge is -2.23. The van der Waals surface area contributed by atoms with Crippen LogP contribution in [0.2, 0.25) is 0 Å². The second-order valence-electron chi connectivity index (χ2n) is 5.18. The summed E-state index contributed by atoms with van der Waals surface area (Å²) in [6.07, 6.45) is -0.298. The van der Waals surface area contributed by atoms with Crippen molar-refractivity contribution >= 4 is 11.4 Å². The Morgan fingerprint density at radius 2 is 1.75 bits per heavy atom. The number of nitrogens with zero attached hydrogens (tertiary/aromatic N) is 2. The smallest absolute Gasteiger partial charge is 0.279 e. The SMILES string of the molecule is CC(C)C(Cc1ccc([N+](=O)[O-])cc1[N+](=O)[O-])C(C)O. The van der Waals surface area contributed by atoms with Crippen LogP contribution in [0.1, 0.15) is 26.3 Å². The molecule has 0 fully saturated rings. The minimum absolute atomic E-state index is 0.143. The number of nitro benzene ring substituents is 2. The van der Waals surface area contributed by atoms with Gasteiger partial charge in [0, 0.05) is 11.6 Å². The van der Waals surface area contributed by atoms with Gasteiger partial charge in [0.05, 0.1) is 22.0 Å². The largest absolute Gasteiger partial charge is 0.393 e. The predicted octanol–water partition coefficient (Wildman–Crippen LogP) is 2.70. The molecule has 0 heterocycles. The van der Waals surface area contributed by atoms with Gasteiger partial charge in [-0.25, -0.2) is 0 Å². The number of hydrogen-bond acceptors (Lipinski definition) is 5. The first-order valence-electron chi connectivity index (χ1n) is 6.33. The van der Waals surface area contributed by atoms with Crippen LogP contribution in [0, 0.1) is 32.1 Å². The van der Waals surface area contributed by atoms with Crippen molar-refractivity contribution in [1.29, 1.82) is 0 Å². The standard InChI is InChI=1S/C13H18N2O5/c1-8(2)12(9(3)16)6-10-4-5-11(14(17)18)7-13(10)15(19)20/h4-5,7-9,12,16H,6H2,1-3H3. The van der Waals surface area contributed by atoms with Crippen LogP contribution in [0.5, 0.6) is 0 Å². The van der Waals surface area contributed by atoms with Gasteiger partial charge in [-0.1, -0.05) is 13.8 Å². The molecule has 0 amide bonds. The fourth-order valence-corrected chi connectivity index (χ4v) is 2.23. The van der Waals surface area contributed by atoms with Crippen LogP contribution >= 0.6 is 0 Å². The monoisotopic (exact) mass is 282 g/mol. The van der Waals surface area contributed by atoms with Gasteiger partial charge in [0.25, 0.3) is 11.4 Å². The molecule has 0 aliphatic rings. The molecule has 1 aromatic rings. The molecular formula is C13H18N2O5. The van der Waals surface area contributed by atoms with Crippen LogP contribution in [0.3, 0.4) is 0 Å². The normalized spacial score (nSPS) is 14.1. The summed E-state index contributed by atoms with van der Waals surface area (Å²) in [6, 6.07) is 3.62. The van der Waals surface area contributed by atoms with E-state index in [1.165, 1.54) is 12.1 Å². The van der Waals surface area contributed by atoms with Crippen molar-refractivity contribution in [2.45, 2.75) is 33.3 Å². The van der Waals surface area contributed by atoms with E-state index in [1.54, 1.807) is 6.92 Å². The number of rotatable bonds is 6. The molecule has 110 valence electrons. The lowest BCUT2D eigenvalue weighted by molar-refractivity contribution is -0.394. The lowest BCUT2D eigenvalue weighted by Crippen LogP contribution is -2.24. The molecule has 1 aromatic carbocycles. The lowest BCUT2D eigenvalue weighted by atomic mass is 9.85. The number of benzene rings is 1. The Bertz CT molecular complexity index is 505. The summed E-state index contributed by atoms with van der Waals surface area (Å²) in [7, 11) is 0. The summed E-state index contributed by atoms with van der Waals surface area (Å²) in [4.78, 5) is 20.4. The van der Waals surface area contributed by atoms with Crippen molar-refractivity contribution in [2.24, 2.45) is 11.8 Å². The van der Waals surface area contributed by atoms with Gasteiger partial charge in [0.2, 0.25) is 0 Å².